The number of amides is 2. The summed E-state index contributed by atoms with van der Waals surface area (Å²) in [6.45, 7) is 0. The lowest BCUT2D eigenvalue weighted by Crippen LogP contribution is -2.52. The van der Waals surface area contributed by atoms with Crippen LogP contribution in [0.15, 0.2) is 29.2 Å². The Bertz CT molecular complexity index is 639. The zero-order chi connectivity index (χ0) is 14.9. The van der Waals surface area contributed by atoms with Gasteiger partial charge in [0.15, 0.2) is 0 Å². The molecule has 1 fully saturated rings. The van der Waals surface area contributed by atoms with Gasteiger partial charge in [0, 0.05) is 19.2 Å². The molecule has 2 rings (SSSR count). The fourth-order valence-corrected chi connectivity index (χ4v) is 3.15. The summed E-state index contributed by atoms with van der Waals surface area (Å²) in [7, 11) is -2.47. The maximum Gasteiger partial charge on any atom is 0.247 e. The van der Waals surface area contributed by atoms with E-state index in [0.29, 0.717) is 5.69 Å². The third kappa shape index (κ3) is 2.81. The topological polar surface area (TPSA) is 110 Å². The van der Waals surface area contributed by atoms with Crippen LogP contribution in [0.3, 0.4) is 0 Å². The number of sulfonamides is 1. The molecule has 1 aromatic rings. The molecule has 0 bridgehead atoms. The summed E-state index contributed by atoms with van der Waals surface area (Å²) in [5.74, 6) is -0.849. The largest absolute Gasteiger partial charge is 0.399 e. The standard InChI is InChI=1S/C12H15N3O4S/c1-15-11(16)7-6-10(12(15)17)14-20(18,19)9-4-2-8(13)3-5-9/h2-5,10,14H,6-7,13H2,1H3. The summed E-state index contributed by atoms with van der Waals surface area (Å²) in [5, 5.41) is 0. The molecule has 1 unspecified atom stereocenters. The number of hydrogen-bond acceptors (Lipinski definition) is 5. The van der Waals surface area contributed by atoms with Gasteiger partial charge in [0.25, 0.3) is 0 Å². The maximum atomic E-state index is 12.1. The minimum absolute atomic E-state index is 0.0269. The van der Waals surface area contributed by atoms with E-state index in [-0.39, 0.29) is 23.6 Å². The third-order valence-corrected chi connectivity index (χ3v) is 4.63. The predicted molar refractivity (Wildman–Crippen MR) is 72.0 cm³/mol. The Morgan fingerprint density at radius 1 is 1.25 bits per heavy atom. The van der Waals surface area contributed by atoms with Crippen LogP contribution < -0.4 is 10.5 Å². The highest BCUT2D eigenvalue weighted by molar-refractivity contribution is 7.89. The second kappa shape index (κ2) is 5.22. The van der Waals surface area contributed by atoms with Gasteiger partial charge < -0.3 is 5.73 Å². The van der Waals surface area contributed by atoms with Gasteiger partial charge in [-0.1, -0.05) is 0 Å². The number of piperidine rings is 1. The van der Waals surface area contributed by atoms with Gasteiger partial charge in [-0.25, -0.2) is 8.42 Å². The average Bonchev–Trinajstić information content (AvgIpc) is 2.40. The first-order valence-electron chi connectivity index (χ1n) is 5.99. The normalized spacial score (nSPS) is 20.2. The molecular formula is C12H15N3O4S. The van der Waals surface area contributed by atoms with E-state index >= 15 is 0 Å². The summed E-state index contributed by atoms with van der Waals surface area (Å²) < 4.78 is 26.6. The molecule has 1 atom stereocenters. The Morgan fingerprint density at radius 2 is 1.85 bits per heavy atom. The molecule has 1 heterocycles. The van der Waals surface area contributed by atoms with E-state index in [0.717, 1.165) is 4.90 Å². The van der Waals surface area contributed by atoms with Gasteiger partial charge >= 0.3 is 0 Å². The van der Waals surface area contributed by atoms with E-state index in [1.165, 1.54) is 31.3 Å². The first kappa shape index (κ1) is 14.5. The molecule has 20 heavy (non-hydrogen) atoms. The number of carbonyl (C=O) groups is 2. The summed E-state index contributed by atoms with van der Waals surface area (Å²) in [5.41, 5.74) is 5.94. The molecule has 3 N–H and O–H groups in total. The molecule has 0 aliphatic carbocycles. The fraction of sp³-hybridized carbons (Fsp3) is 0.333. The molecule has 8 heteroatoms. The van der Waals surface area contributed by atoms with Crippen molar-refractivity contribution in [1.29, 1.82) is 0 Å². The molecule has 2 amide bonds. The van der Waals surface area contributed by atoms with E-state index in [2.05, 4.69) is 4.72 Å². The van der Waals surface area contributed by atoms with Crippen molar-refractivity contribution < 1.29 is 18.0 Å². The molecule has 108 valence electrons. The zero-order valence-corrected chi connectivity index (χ0v) is 11.7. The summed E-state index contributed by atoms with van der Waals surface area (Å²) in [4.78, 5) is 24.2. The van der Waals surface area contributed by atoms with Crippen LogP contribution in [0, 0.1) is 0 Å². The van der Waals surface area contributed by atoms with Crippen molar-refractivity contribution in [3.8, 4) is 0 Å². The minimum atomic E-state index is -3.81. The Hall–Kier alpha value is -1.93. The van der Waals surface area contributed by atoms with Crippen LogP contribution in [-0.2, 0) is 19.6 Å². The van der Waals surface area contributed by atoms with Gasteiger partial charge in [0.1, 0.15) is 6.04 Å². The van der Waals surface area contributed by atoms with Crippen molar-refractivity contribution in [3.05, 3.63) is 24.3 Å². The van der Waals surface area contributed by atoms with Crippen LogP contribution >= 0.6 is 0 Å². The first-order valence-corrected chi connectivity index (χ1v) is 7.48. The van der Waals surface area contributed by atoms with Crippen LogP contribution in [0.1, 0.15) is 12.8 Å². The highest BCUT2D eigenvalue weighted by Gasteiger charge is 2.34. The molecule has 1 saturated heterocycles. The number of nitrogens with one attached hydrogen (secondary N) is 1. The number of imide groups is 1. The number of rotatable bonds is 3. The molecule has 1 aliphatic rings. The SMILES string of the molecule is CN1C(=O)CCC(NS(=O)(=O)c2ccc(N)cc2)C1=O. The number of nitrogen functional groups attached to an aromatic ring is 1. The second-order valence-electron chi connectivity index (χ2n) is 4.57. The van der Waals surface area contributed by atoms with Gasteiger partial charge in [-0.05, 0) is 30.7 Å². The highest BCUT2D eigenvalue weighted by atomic mass is 32.2. The number of anilines is 1. The summed E-state index contributed by atoms with van der Waals surface area (Å²) in [6.07, 6.45) is 0.299. The number of likely N-dealkylation sites (tertiary alicyclic amines) is 1. The number of likely N-dealkylation sites (N-methyl/N-ethyl adjacent to an activating group) is 1. The number of benzene rings is 1. The molecule has 1 aromatic carbocycles. The minimum Gasteiger partial charge on any atom is -0.399 e. The Morgan fingerprint density at radius 3 is 2.45 bits per heavy atom. The van der Waals surface area contributed by atoms with E-state index in [1.807, 2.05) is 0 Å². The quantitative estimate of drug-likeness (QED) is 0.587. The van der Waals surface area contributed by atoms with Crippen LogP contribution in [0.2, 0.25) is 0 Å². The van der Waals surface area contributed by atoms with Crippen molar-refractivity contribution in [2.75, 3.05) is 12.8 Å². The van der Waals surface area contributed by atoms with E-state index < -0.39 is 22.0 Å². The Balaban J connectivity index is 2.18. The lowest BCUT2D eigenvalue weighted by molar-refractivity contribution is -0.147. The van der Waals surface area contributed by atoms with E-state index in [9.17, 15) is 18.0 Å². The molecular weight excluding hydrogens is 282 g/mol. The molecule has 7 nitrogen and oxygen atoms in total. The van der Waals surface area contributed by atoms with Gasteiger partial charge in [-0.2, -0.15) is 4.72 Å². The first-order chi connectivity index (χ1) is 9.31. The number of nitrogens with two attached hydrogens (primary N) is 1. The monoisotopic (exact) mass is 297 g/mol. The maximum absolute atomic E-state index is 12.1. The average molecular weight is 297 g/mol. The van der Waals surface area contributed by atoms with Crippen molar-refractivity contribution >= 4 is 27.5 Å². The predicted octanol–water partition coefficient (Wildman–Crippen LogP) is -0.305. The van der Waals surface area contributed by atoms with Gasteiger partial charge in [0.2, 0.25) is 21.8 Å². The zero-order valence-electron chi connectivity index (χ0n) is 10.9. The van der Waals surface area contributed by atoms with Crippen LogP contribution in [0.5, 0.6) is 0 Å². The lowest BCUT2D eigenvalue weighted by atomic mass is 10.1. The number of carbonyl (C=O) groups excluding carboxylic acids is 2. The van der Waals surface area contributed by atoms with E-state index in [4.69, 9.17) is 5.73 Å². The van der Waals surface area contributed by atoms with Gasteiger partial charge in [-0.15, -0.1) is 0 Å². The molecule has 0 aromatic heterocycles. The fourth-order valence-electron chi connectivity index (χ4n) is 1.93. The van der Waals surface area contributed by atoms with Crippen molar-refractivity contribution in [2.24, 2.45) is 0 Å². The van der Waals surface area contributed by atoms with Crippen molar-refractivity contribution in [3.63, 3.8) is 0 Å². The summed E-state index contributed by atoms with van der Waals surface area (Å²) in [6, 6.07) is 4.74. The highest BCUT2D eigenvalue weighted by Crippen LogP contribution is 2.16. The van der Waals surface area contributed by atoms with Crippen LogP contribution in [0.25, 0.3) is 0 Å². The molecule has 0 spiro atoms. The second-order valence-corrected chi connectivity index (χ2v) is 6.29. The Kier molecular flexibility index (Phi) is 3.78. The smallest absolute Gasteiger partial charge is 0.247 e. The lowest BCUT2D eigenvalue weighted by Gasteiger charge is -2.27. The third-order valence-electron chi connectivity index (χ3n) is 3.14. The van der Waals surface area contributed by atoms with Crippen molar-refractivity contribution in [1.82, 2.24) is 9.62 Å². The van der Waals surface area contributed by atoms with Crippen LogP contribution in [-0.4, -0.2) is 38.2 Å². The van der Waals surface area contributed by atoms with E-state index in [1.54, 1.807) is 0 Å². The van der Waals surface area contributed by atoms with Gasteiger partial charge in [0.05, 0.1) is 4.90 Å². The van der Waals surface area contributed by atoms with Gasteiger partial charge in [-0.3, -0.25) is 14.5 Å². The van der Waals surface area contributed by atoms with Crippen molar-refractivity contribution in [2.45, 2.75) is 23.8 Å². The Labute approximate surface area is 116 Å². The van der Waals surface area contributed by atoms with Crippen LogP contribution in [0.4, 0.5) is 5.69 Å². The number of nitrogens with zero attached hydrogens (tertiary/aromatic N) is 1. The summed E-state index contributed by atoms with van der Waals surface area (Å²) >= 11 is 0. The molecule has 0 saturated carbocycles. The molecule has 0 radical (unpaired) electrons. The number of hydrogen-bond donors (Lipinski definition) is 2. The molecule has 1 aliphatic heterocycles.